The second-order valence-corrected chi connectivity index (χ2v) is 5.46. The minimum Gasteiger partial charge on any atom is -0.480 e. The molecule has 1 unspecified atom stereocenters. The van der Waals surface area contributed by atoms with Gasteiger partial charge in [0, 0.05) is 13.1 Å². The average molecular weight is 378 g/mol. The van der Waals surface area contributed by atoms with Crippen molar-refractivity contribution in [3.63, 3.8) is 0 Å². The summed E-state index contributed by atoms with van der Waals surface area (Å²) >= 11 is 0. The second kappa shape index (κ2) is 15.9. The first-order chi connectivity index (χ1) is 12.1. The minimum absolute atomic E-state index is 0.412. The molecule has 12 heteroatoms. The van der Waals surface area contributed by atoms with Crippen molar-refractivity contribution in [2.24, 2.45) is 22.9 Å². The van der Waals surface area contributed by atoms with E-state index in [1.54, 1.807) is 0 Å². The van der Waals surface area contributed by atoms with Crippen molar-refractivity contribution in [2.45, 2.75) is 50.6 Å². The van der Waals surface area contributed by atoms with Gasteiger partial charge in [-0.25, -0.2) is 9.59 Å². The maximum absolute atomic E-state index is 10.3. The molecule has 152 valence electrons. The number of hydrogen-bond donors (Lipinski definition) is 8. The first-order valence-electron chi connectivity index (χ1n) is 8.11. The molecule has 12 N–H and O–H groups in total. The molecule has 0 saturated heterocycles. The molecule has 0 aliphatic heterocycles. The molecule has 12 nitrogen and oxygen atoms in total. The lowest BCUT2D eigenvalue weighted by atomic mass is 10.1. The van der Waals surface area contributed by atoms with E-state index in [0.29, 0.717) is 51.6 Å². The Morgan fingerprint density at radius 2 is 1.00 bits per heavy atom. The summed E-state index contributed by atoms with van der Waals surface area (Å²) in [6.45, 7) is 0.920. The van der Waals surface area contributed by atoms with E-state index in [4.69, 9.17) is 33.1 Å². The van der Waals surface area contributed by atoms with E-state index in [1.165, 1.54) is 0 Å². The molecule has 0 aliphatic rings. The molecule has 4 amide bonds. The van der Waals surface area contributed by atoms with Gasteiger partial charge in [0.05, 0.1) is 0 Å². The minimum atomic E-state index is -0.997. The number of carbonyl (C=O) groups excluding carboxylic acids is 2. The summed E-state index contributed by atoms with van der Waals surface area (Å²) in [7, 11) is 0. The van der Waals surface area contributed by atoms with Crippen LogP contribution in [-0.4, -0.2) is 59.4 Å². The van der Waals surface area contributed by atoms with Gasteiger partial charge in [0.1, 0.15) is 12.1 Å². The van der Waals surface area contributed by atoms with Crippen LogP contribution in [0.3, 0.4) is 0 Å². The van der Waals surface area contributed by atoms with Crippen LogP contribution in [0, 0.1) is 0 Å². The zero-order valence-electron chi connectivity index (χ0n) is 14.6. The number of carbonyl (C=O) groups is 4. The summed E-state index contributed by atoms with van der Waals surface area (Å²) in [4.78, 5) is 40.9. The van der Waals surface area contributed by atoms with Gasteiger partial charge in [-0.15, -0.1) is 0 Å². The fourth-order valence-corrected chi connectivity index (χ4v) is 1.65. The molecule has 0 heterocycles. The van der Waals surface area contributed by atoms with Gasteiger partial charge in [0.25, 0.3) is 0 Å². The van der Waals surface area contributed by atoms with Crippen LogP contribution < -0.4 is 33.6 Å². The molecule has 0 rings (SSSR count). The third-order valence-corrected chi connectivity index (χ3v) is 3.12. The third-order valence-electron chi connectivity index (χ3n) is 3.12. The van der Waals surface area contributed by atoms with Crippen LogP contribution in [0.1, 0.15) is 38.5 Å². The molecule has 0 fully saturated rings. The fourth-order valence-electron chi connectivity index (χ4n) is 1.65. The molecule has 0 aliphatic carbocycles. The molecule has 0 saturated carbocycles. The van der Waals surface area contributed by atoms with Crippen LogP contribution in [-0.2, 0) is 9.59 Å². The Labute approximate surface area is 151 Å². The third kappa shape index (κ3) is 19.4. The predicted molar refractivity (Wildman–Crippen MR) is 94.1 cm³/mol. The van der Waals surface area contributed by atoms with Crippen molar-refractivity contribution in [1.82, 2.24) is 10.6 Å². The number of carboxylic acids is 2. The van der Waals surface area contributed by atoms with Gasteiger partial charge in [-0.05, 0) is 38.5 Å². The number of unbranched alkanes of at least 4 members (excludes halogenated alkanes) is 2. The molecule has 0 aromatic carbocycles. The van der Waals surface area contributed by atoms with Gasteiger partial charge in [0.2, 0.25) is 0 Å². The summed E-state index contributed by atoms with van der Waals surface area (Å²) in [6, 6.07) is -2.76. The van der Waals surface area contributed by atoms with E-state index >= 15 is 0 Å². The Morgan fingerprint density at radius 1 is 0.692 bits per heavy atom. The van der Waals surface area contributed by atoms with E-state index < -0.39 is 36.1 Å². The quantitative estimate of drug-likeness (QED) is 0.185. The second-order valence-electron chi connectivity index (χ2n) is 5.46. The molecule has 26 heavy (non-hydrogen) atoms. The van der Waals surface area contributed by atoms with Crippen molar-refractivity contribution >= 4 is 24.0 Å². The molecule has 0 aromatic heterocycles. The van der Waals surface area contributed by atoms with E-state index in [-0.39, 0.29) is 0 Å². The Morgan fingerprint density at radius 3 is 1.23 bits per heavy atom. The number of nitrogens with two attached hydrogens (primary N) is 4. The summed E-state index contributed by atoms with van der Waals surface area (Å²) < 4.78 is 0. The van der Waals surface area contributed by atoms with E-state index in [1.807, 2.05) is 0 Å². The standard InChI is InChI=1S/2C7H15N3O3/c2*8-5(6(11)12)3-1-2-4-10-7(9)13/h2*5H,1-4,8H2,(H,11,12)(H3,9,10,13)/t5-;/m0./s1. The van der Waals surface area contributed by atoms with Crippen LogP contribution in [0.4, 0.5) is 9.59 Å². The smallest absolute Gasteiger partial charge is 0.320 e. The van der Waals surface area contributed by atoms with Crippen molar-refractivity contribution in [3.8, 4) is 0 Å². The highest BCUT2D eigenvalue weighted by atomic mass is 16.4. The molecular weight excluding hydrogens is 348 g/mol. The summed E-state index contributed by atoms with van der Waals surface area (Å²) in [5.41, 5.74) is 20.1. The summed E-state index contributed by atoms with van der Waals surface area (Å²) in [5, 5.41) is 21.6. The lowest BCUT2D eigenvalue weighted by Gasteiger charge is -2.05. The molecule has 0 aromatic rings. The lowest BCUT2D eigenvalue weighted by Crippen LogP contribution is -2.31. The predicted octanol–water partition coefficient (Wildman–Crippen LogP) is -1.53. The Balaban J connectivity index is 0. The van der Waals surface area contributed by atoms with Crippen LogP contribution in [0.5, 0.6) is 0 Å². The van der Waals surface area contributed by atoms with Crippen LogP contribution in [0.25, 0.3) is 0 Å². The average Bonchev–Trinajstić information content (AvgIpc) is 2.53. The van der Waals surface area contributed by atoms with Crippen molar-refractivity contribution in [2.75, 3.05) is 13.1 Å². The SMILES string of the molecule is NC(=O)NCCCCC(N)C(=O)O.NC(=O)NCCCC[C@H](N)C(=O)O. The molecular formula is C14H30N6O6. The van der Waals surface area contributed by atoms with Gasteiger partial charge in [-0.3, -0.25) is 9.59 Å². The lowest BCUT2D eigenvalue weighted by molar-refractivity contribution is -0.139. The number of carboxylic acid groups (broad SMARTS) is 2. The van der Waals surface area contributed by atoms with Crippen LogP contribution >= 0.6 is 0 Å². The number of primary amides is 2. The first kappa shape index (κ1) is 25.6. The largest absolute Gasteiger partial charge is 0.480 e. The molecule has 2 atom stereocenters. The highest BCUT2D eigenvalue weighted by Gasteiger charge is 2.10. The number of nitrogens with one attached hydrogen (secondary N) is 2. The Hall–Kier alpha value is -2.60. The maximum Gasteiger partial charge on any atom is 0.320 e. The summed E-state index contributed by atoms with van der Waals surface area (Å²) in [5.74, 6) is -1.99. The number of amides is 4. The molecule has 0 spiro atoms. The van der Waals surface area contributed by atoms with Crippen molar-refractivity contribution in [3.05, 3.63) is 0 Å². The van der Waals surface area contributed by atoms with E-state index in [0.717, 1.165) is 0 Å². The molecule has 0 bridgehead atoms. The zero-order chi connectivity index (χ0) is 20.5. The Kier molecular flexibility index (Phi) is 15.7. The molecule has 0 radical (unpaired) electrons. The number of rotatable bonds is 12. The fraction of sp³-hybridized carbons (Fsp3) is 0.714. The highest BCUT2D eigenvalue weighted by molar-refractivity contribution is 5.73. The zero-order valence-corrected chi connectivity index (χ0v) is 14.6. The maximum atomic E-state index is 10.3. The number of hydrogen-bond acceptors (Lipinski definition) is 6. The van der Waals surface area contributed by atoms with E-state index in [9.17, 15) is 19.2 Å². The van der Waals surface area contributed by atoms with Gasteiger partial charge < -0.3 is 43.8 Å². The first-order valence-corrected chi connectivity index (χ1v) is 8.11. The van der Waals surface area contributed by atoms with Gasteiger partial charge in [-0.1, -0.05) is 0 Å². The van der Waals surface area contributed by atoms with E-state index in [2.05, 4.69) is 10.6 Å². The topological polar surface area (TPSA) is 237 Å². The van der Waals surface area contributed by atoms with Gasteiger partial charge in [0.15, 0.2) is 0 Å². The van der Waals surface area contributed by atoms with Crippen LogP contribution in [0.15, 0.2) is 0 Å². The summed E-state index contributed by atoms with van der Waals surface area (Å²) in [6.07, 6.45) is 3.51. The van der Waals surface area contributed by atoms with Crippen LogP contribution in [0.2, 0.25) is 0 Å². The monoisotopic (exact) mass is 378 g/mol. The number of aliphatic carboxylic acids is 2. The van der Waals surface area contributed by atoms with Crippen molar-refractivity contribution < 1.29 is 29.4 Å². The van der Waals surface area contributed by atoms with Gasteiger partial charge in [-0.2, -0.15) is 0 Å². The normalized spacial score (nSPS) is 12.1. The number of urea groups is 2. The van der Waals surface area contributed by atoms with Gasteiger partial charge >= 0.3 is 24.0 Å². The van der Waals surface area contributed by atoms with Crippen molar-refractivity contribution in [1.29, 1.82) is 0 Å². The Bertz CT molecular complexity index is 408. The highest BCUT2D eigenvalue weighted by Crippen LogP contribution is 1.98.